The van der Waals surface area contributed by atoms with Crippen LogP contribution in [0.3, 0.4) is 0 Å². The highest BCUT2D eigenvalue weighted by Crippen LogP contribution is 2.07. The topological polar surface area (TPSA) is 71.1 Å². The Morgan fingerprint density at radius 3 is 2.25 bits per heavy atom. The largest absolute Gasteiger partial charge is 0.490 e. The van der Waals surface area contributed by atoms with Gasteiger partial charge < -0.3 is 18.9 Å². The Balaban J connectivity index is 0.000000470. The van der Waals surface area contributed by atoms with Gasteiger partial charge >= 0.3 is 11.9 Å². The third-order valence-corrected chi connectivity index (χ3v) is 2.36. The average molecular weight is 336 g/mol. The fourth-order valence-electron chi connectivity index (χ4n) is 1.36. The number of esters is 2. The first kappa shape index (κ1) is 21.4. The minimum absolute atomic E-state index is 0.236. The van der Waals surface area contributed by atoms with Gasteiger partial charge in [-0.2, -0.15) is 0 Å². The van der Waals surface area contributed by atoms with Crippen LogP contribution in [0.15, 0.2) is 55.6 Å². The van der Waals surface area contributed by atoms with Crippen molar-refractivity contribution in [3.05, 3.63) is 55.6 Å². The summed E-state index contributed by atoms with van der Waals surface area (Å²) in [5, 5.41) is 0. The zero-order valence-corrected chi connectivity index (χ0v) is 14.1. The van der Waals surface area contributed by atoms with Crippen molar-refractivity contribution >= 4 is 11.9 Å². The molecule has 0 aromatic heterocycles. The normalized spacial score (nSPS) is 10.4. The molecule has 0 heterocycles. The van der Waals surface area contributed by atoms with Crippen molar-refractivity contribution in [3.63, 3.8) is 0 Å². The molecule has 6 nitrogen and oxygen atoms in total. The number of benzene rings is 1. The monoisotopic (exact) mass is 336 g/mol. The second-order valence-electron chi connectivity index (χ2n) is 4.20. The van der Waals surface area contributed by atoms with Crippen molar-refractivity contribution < 1.29 is 28.5 Å². The summed E-state index contributed by atoms with van der Waals surface area (Å²) in [4.78, 5) is 21.1. The van der Waals surface area contributed by atoms with E-state index in [1.165, 1.54) is 0 Å². The number of para-hydroxylation sites is 1. The first-order chi connectivity index (χ1) is 11.5. The molecular weight excluding hydrogens is 312 g/mol. The van der Waals surface area contributed by atoms with Crippen LogP contribution in [-0.4, -0.2) is 38.0 Å². The Kier molecular flexibility index (Phi) is 12.5. The molecule has 0 radical (unpaired) electrons. The average Bonchev–Trinajstić information content (AvgIpc) is 2.60. The SMILES string of the molecule is C=CC(=O)OC(C)OCC.C=CC(=O)OCCOc1ccccc1. The van der Waals surface area contributed by atoms with E-state index in [0.717, 1.165) is 17.9 Å². The lowest BCUT2D eigenvalue weighted by molar-refractivity contribution is -0.167. The molecule has 6 heteroatoms. The lowest BCUT2D eigenvalue weighted by Crippen LogP contribution is -2.16. The maximum Gasteiger partial charge on any atom is 0.332 e. The van der Waals surface area contributed by atoms with E-state index >= 15 is 0 Å². The van der Waals surface area contributed by atoms with Crippen molar-refractivity contribution in [2.24, 2.45) is 0 Å². The van der Waals surface area contributed by atoms with E-state index in [1.54, 1.807) is 6.92 Å². The number of ether oxygens (including phenoxy) is 4. The second-order valence-corrected chi connectivity index (χ2v) is 4.20. The highest BCUT2D eigenvalue weighted by Gasteiger charge is 2.03. The van der Waals surface area contributed by atoms with Gasteiger partial charge in [-0.1, -0.05) is 31.4 Å². The Labute approximate surface area is 142 Å². The van der Waals surface area contributed by atoms with Gasteiger partial charge in [-0.25, -0.2) is 9.59 Å². The molecule has 0 saturated carbocycles. The van der Waals surface area contributed by atoms with Gasteiger partial charge in [0, 0.05) is 18.8 Å². The molecule has 0 N–H and O–H groups in total. The zero-order valence-electron chi connectivity index (χ0n) is 14.1. The maximum absolute atomic E-state index is 10.6. The van der Waals surface area contributed by atoms with Gasteiger partial charge in [0.25, 0.3) is 0 Å². The number of carbonyl (C=O) groups excluding carboxylic acids is 2. The molecule has 0 bridgehead atoms. The van der Waals surface area contributed by atoms with Crippen molar-refractivity contribution in [1.82, 2.24) is 0 Å². The number of carbonyl (C=O) groups is 2. The first-order valence-electron chi connectivity index (χ1n) is 7.45. The highest BCUT2D eigenvalue weighted by atomic mass is 16.7. The molecule has 0 aliphatic carbocycles. The summed E-state index contributed by atoms with van der Waals surface area (Å²) in [6.45, 7) is 11.1. The van der Waals surface area contributed by atoms with E-state index in [9.17, 15) is 9.59 Å². The van der Waals surface area contributed by atoms with Gasteiger partial charge in [-0.3, -0.25) is 0 Å². The summed E-state index contributed by atoms with van der Waals surface area (Å²) < 4.78 is 19.6. The molecule has 0 aliphatic rings. The molecule has 132 valence electrons. The van der Waals surface area contributed by atoms with E-state index in [4.69, 9.17) is 14.2 Å². The number of rotatable bonds is 9. The van der Waals surface area contributed by atoms with E-state index in [-0.39, 0.29) is 6.61 Å². The number of hydrogen-bond acceptors (Lipinski definition) is 6. The van der Waals surface area contributed by atoms with Gasteiger partial charge in [-0.05, 0) is 26.0 Å². The molecule has 1 rings (SSSR count). The highest BCUT2D eigenvalue weighted by molar-refractivity contribution is 5.81. The Bertz CT molecular complexity index is 497. The molecule has 0 spiro atoms. The first-order valence-corrected chi connectivity index (χ1v) is 7.45. The molecular formula is C18H24O6. The van der Waals surface area contributed by atoms with E-state index in [0.29, 0.717) is 13.2 Å². The molecule has 0 amide bonds. The van der Waals surface area contributed by atoms with Crippen molar-refractivity contribution in [2.75, 3.05) is 19.8 Å². The molecule has 24 heavy (non-hydrogen) atoms. The zero-order chi connectivity index (χ0) is 18.2. The van der Waals surface area contributed by atoms with Gasteiger partial charge in [0.2, 0.25) is 0 Å². The minimum Gasteiger partial charge on any atom is -0.490 e. The predicted molar refractivity (Wildman–Crippen MR) is 90.5 cm³/mol. The molecule has 1 aromatic carbocycles. The summed E-state index contributed by atoms with van der Waals surface area (Å²) in [6.07, 6.45) is 1.76. The lowest BCUT2D eigenvalue weighted by atomic mass is 10.3. The van der Waals surface area contributed by atoms with Crippen LogP contribution in [-0.2, 0) is 23.8 Å². The minimum atomic E-state index is -0.476. The quantitative estimate of drug-likeness (QED) is 0.299. The maximum atomic E-state index is 10.6. The molecule has 1 unspecified atom stereocenters. The van der Waals surface area contributed by atoms with Gasteiger partial charge in [-0.15, -0.1) is 0 Å². The number of hydrogen-bond donors (Lipinski definition) is 0. The fraction of sp³-hybridized carbons (Fsp3) is 0.333. The van der Waals surface area contributed by atoms with Crippen LogP contribution in [0.1, 0.15) is 13.8 Å². The predicted octanol–water partition coefficient (Wildman–Crippen LogP) is 2.89. The summed E-state index contributed by atoms with van der Waals surface area (Å²) in [7, 11) is 0. The molecule has 1 aromatic rings. The van der Waals surface area contributed by atoms with E-state index < -0.39 is 18.2 Å². The third kappa shape index (κ3) is 12.0. The summed E-state index contributed by atoms with van der Waals surface area (Å²) in [5.74, 6) is -0.121. The van der Waals surface area contributed by atoms with Crippen LogP contribution in [0.25, 0.3) is 0 Å². The van der Waals surface area contributed by atoms with E-state index in [1.807, 2.05) is 37.3 Å². The lowest BCUT2D eigenvalue weighted by Gasteiger charge is -2.10. The van der Waals surface area contributed by atoms with Crippen molar-refractivity contribution in [1.29, 1.82) is 0 Å². The Morgan fingerprint density at radius 2 is 1.71 bits per heavy atom. The van der Waals surface area contributed by atoms with Crippen LogP contribution in [0.5, 0.6) is 5.75 Å². The molecule has 0 saturated heterocycles. The standard InChI is InChI=1S/C11H12O3.C7H12O3/c1-2-11(12)14-9-8-13-10-6-4-3-5-7-10;1-4-7(8)10-6(3)9-5-2/h2-7H,1,8-9H2;4,6H,1,5H2,2-3H3. The fourth-order valence-corrected chi connectivity index (χ4v) is 1.36. The van der Waals surface area contributed by atoms with Crippen molar-refractivity contribution in [2.45, 2.75) is 20.1 Å². The smallest absolute Gasteiger partial charge is 0.332 e. The van der Waals surface area contributed by atoms with Crippen LogP contribution >= 0.6 is 0 Å². The van der Waals surface area contributed by atoms with Crippen molar-refractivity contribution in [3.8, 4) is 5.75 Å². The summed E-state index contributed by atoms with van der Waals surface area (Å²) >= 11 is 0. The van der Waals surface area contributed by atoms with Crippen LogP contribution in [0.4, 0.5) is 0 Å². The Morgan fingerprint density at radius 1 is 1.08 bits per heavy atom. The molecule has 1 atom stereocenters. The van der Waals surface area contributed by atoms with Crippen LogP contribution in [0, 0.1) is 0 Å². The Hall–Kier alpha value is -2.60. The van der Waals surface area contributed by atoms with Crippen LogP contribution < -0.4 is 4.74 Å². The summed E-state index contributed by atoms with van der Waals surface area (Å²) in [5.41, 5.74) is 0. The summed E-state index contributed by atoms with van der Waals surface area (Å²) in [6, 6.07) is 9.35. The molecule has 0 fully saturated rings. The van der Waals surface area contributed by atoms with Crippen LogP contribution in [0.2, 0.25) is 0 Å². The van der Waals surface area contributed by atoms with Gasteiger partial charge in [0.15, 0.2) is 6.29 Å². The third-order valence-electron chi connectivity index (χ3n) is 2.36. The van der Waals surface area contributed by atoms with E-state index in [2.05, 4.69) is 17.9 Å². The van der Waals surface area contributed by atoms with Gasteiger partial charge in [0.1, 0.15) is 19.0 Å². The van der Waals surface area contributed by atoms with Gasteiger partial charge in [0.05, 0.1) is 0 Å². The second kappa shape index (κ2) is 14.0. The molecule has 0 aliphatic heterocycles.